The van der Waals surface area contributed by atoms with Crippen molar-refractivity contribution in [3.8, 4) is 0 Å². The maximum atomic E-state index is 10.5. The highest BCUT2D eigenvalue weighted by Crippen LogP contribution is 2.07. The summed E-state index contributed by atoms with van der Waals surface area (Å²) in [6.45, 7) is 4.41. The van der Waals surface area contributed by atoms with Gasteiger partial charge in [-0.05, 0) is 6.42 Å². The van der Waals surface area contributed by atoms with Gasteiger partial charge in [-0.2, -0.15) is 0 Å². The quantitative estimate of drug-likeness (QED) is 0.734. The third-order valence-electron chi connectivity index (χ3n) is 1.92. The zero-order chi connectivity index (χ0) is 11.3. The Bertz CT molecular complexity index is 348. The molecule has 1 aromatic rings. The van der Waals surface area contributed by atoms with Gasteiger partial charge in [0.25, 0.3) is 0 Å². The van der Waals surface area contributed by atoms with Crippen LogP contribution in [-0.4, -0.2) is 34.6 Å². The molecule has 1 aromatic heterocycles. The molecular weight excluding hydrogens is 194 g/mol. The molecular formula is C10H13N3O2. The van der Waals surface area contributed by atoms with Crippen LogP contribution in [0.2, 0.25) is 0 Å². The highest BCUT2D eigenvalue weighted by molar-refractivity contribution is 5.84. The van der Waals surface area contributed by atoms with Crippen LogP contribution in [-0.2, 0) is 0 Å². The van der Waals surface area contributed by atoms with Gasteiger partial charge in [-0.15, -0.1) is 6.58 Å². The van der Waals surface area contributed by atoms with Crippen LogP contribution in [0.15, 0.2) is 25.0 Å². The Morgan fingerprint density at radius 2 is 2.33 bits per heavy atom. The van der Waals surface area contributed by atoms with E-state index in [4.69, 9.17) is 5.11 Å². The average Bonchev–Trinajstić information content (AvgIpc) is 2.26. The highest BCUT2D eigenvalue weighted by atomic mass is 16.4. The van der Waals surface area contributed by atoms with E-state index in [0.717, 1.165) is 13.0 Å². The van der Waals surface area contributed by atoms with E-state index < -0.39 is 5.97 Å². The first kappa shape index (κ1) is 11.2. The van der Waals surface area contributed by atoms with Gasteiger partial charge < -0.3 is 10.0 Å². The van der Waals surface area contributed by atoms with Crippen LogP contribution in [0.1, 0.15) is 16.9 Å². The standard InChI is InChI=1S/C10H13N3O2/c1-3-4-5-13(2)9-7-11-8(6-12-9)10(14)15/h3,6-7H,1,4-5H2,2H3,(H,14,15). The molecule has 0 fully saturated rings. The number of hydrogen-bond donors (Lipinski definition) is 1. The van der Waals surface area contributed by atoms with Gasteiger partial charge in [0.05, 0.1) is 12.4 Å². The maximum Gasteiger partial charge on any atom is 0.356 e. The predicted molar refractivity (Wildman–Crippen MR) is 57.1 cm³/mol. The van der Waals surface area contributed by atoms with E-state index in [-0.39, 0.29) is 5.69 Å². The summed E-state index contributed by atoms with van der Waals surface area (Å²) in [5.41, 5.74) is -0.0455. The fraction of sp³-hybridized carbons (Fsp3) is 0.300. The van der Waals surface area contributed by atoms with Crippen molar-refractivity contribution >= 4 is 11.8 Å². The molecule has 1 rings (SSSR count). The number of hydrogen-bond acceptors (Lipinski definition) is 4. The lowest BCUT2D eigenvalue weighted by atomic mass is 10.4. The molecule has 0 spiro atoms. The van der Waals surface area contributed by atoms with Gasteiger partial charge >= 0.3 is 5.97 Å². The minimum atomic E-state index is -1.07. The number of carboxylic acids is 1. The molecule has 0 aliphatic heterocycles. The van der Waals surface area contributed by atoms with Gasteiger partial charge in [0.1, 0.15) is 5.82 Å². The molecule has 0 aliphatic rings. The fourth-order valence-corrected chi connectivity index (χ4v) is 1.03. The second-order valence-corrected chi connectivity index (χ2v) is 3.06. The molecule has 0 unspecified atom stereocenters. The Morgan fingerprint density at radius 3 is 2.80 bits per heavy atom. The second kappa shape index (κ2) is 5.09. The summed E-state index contributed by atoms with van der Waals surface area (Å²) in [6.07, 6.45) is 5.36. The van der Waals surface area contributed by atoms with E-state index in [1.807, 2.05) is 18.0 Å². The SMILES string of the molecule is C=CCCN(C)c1cnc(C(=O)O)cn1. The number of aromatic carboxylic acids is 1. The zero-order valence-corrected chi connectivity index (χ0v) is 8.55. The second-order valence-electron chi connectivity index (χ2n) is 3.06. The molecule has 1 N–H and O–H groups in total. The van der Waals surface area contributed by atoms with Crippen LogP contribution in [0.25, 0.3) is 0 Å². The molecule has 5 nitrogen and oxygen atoms in total. The first-order valence-electron chi connectivity index (χ1n) is 4.52. The van der Waals surface area contributed by atoms with Crippen LogP contribution < -0.4 is 4.90 Å². The van der Waals surface area contributed by atoms with Gasteiger partial charge in [-0.1, -0.05) is 6.08 Å². The monoisotopic (exact) mass is 207 g/mol. The lowest BCUT2D eigenvalue weighted by Crippen LogP contribution is -2.19. The van der Waals surface area contributed by atoms with Crippen LogP contribution in [0, 0.1) is 0 Å². The summed E-state index contributed by atoms with van der Waals surface area (Å²) < 4.78 is 0. The largest absolute Gasteiger partial charge is 0.476 e. The summed E-state index contributed by atoms with van der Waals surface area (Å²) in [6, 6.07) is 0. The molecule has 80 valence electrons. The summed E-state index contributed by atoms with van der Waals surface area (Å²) in [5, 5.41) is 8.63. The zero-order valence-electron chi connectivity index (χ0n) is 8.55. The molecule has 0 saturated carbocycles. The topological polar surface area (TPSA) is 66.3 Å². The number of nitrogens with zero attached hydrogens (tertiary/aromatic N) is 3. The number of carboxylic acid groups (broad SMARTS) is 1. The first-order valence-corrected chi connectivity index (χ1v) is 4.52. The third kappa shape index (κ3) is 3.05. The molecule has 0 atom stereocenters. The predicted octanol–water partition coefficient (Wildman–Crippen LogP) is 1.19. The van der Waals surface area contributed by atoms with Gasteiger partial charge in [-0.3, -0.25) is 0 Å². The van der Waals surface area contributed by atoms with Gasteiger partial charge in [0, 0.05) is 13.6 Å². The molecule has 0 aromatic carbocycles. The average molecular weight is 207 g/mol. The Morgan fingerprint density at radius 1 is 1.60 bits per heavy atom. The van der Waals surface area contributed by atoms with E-state index in [1.54, 1.807) is 0 Å². The summed E-state index contributed by atoms with van der Waals surface area (Å²) in [4.78, 5) is 20.2. The van der Waals surface area contributed by atoms with Crippen LogP contribution in [0.3, 0.4) is 0 Å². The molecule has 5 heteroatoms. The third-order valence-corrected chi connectivity index (χ3v) is 1.92. The van der Waals surface area contributed by atoms with E-state index >= 15 is 0 Å². The lowest BCUT2D eigenvalue weighted by molar-refractivity contribution is 0.0690. The normalized spacial score (nSPS) is 9.67. The van der Waals surface area contributed by atoms with E-state index in [1.165, 1.54) is 12.4 Å². The molecule has 0 radical (unpaired) electrons. The number of anilines is 1. The van der Waals surface area contributed by atoms with Crippen LogP contribution in [0.4, 0.5) is 5.82 Å². The van der Waals surface area contributed by atoms with Crippen molar-refractivity contribution in [1.82, 2.24) is 9.97 Å². The van der Waals surface area contributed by atoms with E-state index in [9.17, 15) is 4.79 Å². The minimum Gasteiger partial charge on any atom is -0.476 e. The Hall–Kier alpha value is -1.91. The van der Waals surface area contributed by atoms with Crippen molar-refractivity contribution < 1.29 is 9.90 Å². The molecule has 0 amide bonds. The summed E-state index contributed by atoms with van der Waals surface area (Å²) in [7, 11) is 1.87. The van der Waals surface area contributed by atoms with Crippen molar-refractivity contribution in [2.45, 2.75) is 6.42 Å². The maximum absolute atomic E-state index is 10.5. The Labute approximate surface area is 88.1 Å². The van der Waals surface area contributed by atoms with Crippen molar-refractivity contribution in [2.24, 2.45) is 0 Å². The van der Waals surface area contributed by atoms with Gasteiger partial charge in [0.15, 0.2) is 5.69 Å². The number of aromatic nitrogens is 2. The number of rotatable bonds is 5. The summed E-state index contributed by atoms with van der Waals surface area (Å²) in [5.74, 6) is -0.412. The van der Waals surface area contributed by atoms with Crippen LogP contribution >= 0.6 is 0 Å². The Kier molecular flexibility index (Phi) is 3.79. The van der Waals surface area contributed by atoms with Crippen molar-refractivity contribution in [3.63, 3.8) is 0 Å². The smallest absolute Gasteiger partial charge is 0.356 e. The van der Waals surface area contributed by atoms with Crippen molar-refractivity contribution in [1.29, 1.82) is 0 Å². The molecule has 15 heavy (non-hydrogen) atoms. The van der Waals surface area contributed by atoms with Crippen molar-refractivity contribution in [3.05, 3.63) is 30.7 Å². The van der Waals surface area contributed by atoms with Gasteiger partial charge in [-0.25, -0.2) is 14.8 Å². The Balaban J connectivity index is 2.70. The molecule has 0 saturated heterocycles. The lowest BCUT2D eigenvalue weighted by Gasteiger charge is -2.16. The number of carbonyl (C=O) groups is 1. The van der Waals surface area contributed by atoms with E-state index in [2.05, 4.69) is 16.5 Å². The van der Waals surface area contributed by atoms with E-state index in [0.29, 0.717) is 5.82 Å². The highest BCUT2D eigenvalue weighted by Gasteiger charge is 2.06. The molecule has 0 aliphatic carbocycles. The van der Waals surface area contributed by atoms with Crippen LogP contribution in [0.5, 0.6) is 0 Å². The fourth-order valence-electron chi connectivity index (χ4n) is 1.03. The first-order chi connectivity index (χ1) is 7.15. The molecule has 0 bridgehead atoms. The minimum absolute atomic E-state index is 0.0455. The molecule has 1 heterocycles. The summed E-state index contributed by atoms with van der Waals surface area (Å²) >= 11 is 0. The van der Waals surface area contributed by atoms with Gasteiger partial charge in [0.2, 0.25) is 0 Å². The van der Waals surface area contributed by atoms with Crippen molar-refractivity contribution in [2.75, 3.05) is 18.5 Å².